The Morgan fingerprint density at radius 2 is 2.21 bits per heavy atom. The van der Waals surface area contributed by atoms with Crippen LogP contribution in [0.2, 0.25) is 5.02 Å². The lowest BCUT2D eigenvalue weighted by molar-refractivity contribution is -0.128. The Balaban J connectivity index is 1.47. The minimum absolute atomic E-state index is 0.0723. The van der Waals surface area contributed by atoms with E-state index in [0.717, 1.165) is 31.4 Å². The fraction of sp³-hybridized carbons (Fsp3) is 0.556. The summed E-state index contributed by atoms with van der Waals surface area (Å²) in [7, 11) is 0. The molecule has 1 saturated carbocycles. The molecule has 1 aromatic rings. The lowest BCUT2D eigenvalue weighted by atomic mass is 10.0. The maximum absolute atomic E-state index is 12.2. The van der Waals surface area contributed by atoms with Crippen molar-refractivity contribution in [3.8, 4) is 0 Å². The number of rotatable bonds is 6. The van der Waals surface area contributed by atoms with Crippen LogP contribution in [0, 0.1) is 5.92 Å². The van der Waals surface area contributed by atoms with E-state index in [-0.39, 0.29) is 23.9 Å². The van der Waals surface area contributed by atoms with Crippen molar-refractivity contribution in [1.29, 1.82) is 0 Å². The number of likely N-dealkylation sites (tertiary alicyclic amines) is 1. The maximum atomic E-state index is 12.2. The molecule has 0 radical (unpaired) electrons. The zero-order valence-electron chi connectivity index (χ0n) is 13.9. The number of benzene rings is 1. The van der Waals surface area contributed by atoms with Gasteiger partial charge in [0.25, 0.3) is 0 Å². The quantitative estimate of drug-likeness (QED) is 0.829. The van der Waals surface area contributed by atoms with Crippen LogP contribution in [0.3, 0.4) is 0 Å². The third-order valence-electron chi connectivity index (χ3n) is 4.74. The molecule has 1 saturated heterocycles. The molecule has 2 N–H and O–H groups in total. The Bertz CT molecular complexity index is 618. The van der Waals surface area contributed by atoms with Gasteiger partial charge in [0.15, 0.2) is 0 Å². The van der Waals surface area contributed by atoms with Gasteiger partial charge in [-0.2, -0.15) is 0 Å². The second-order valence-corrected chi connectivity index (χ2v) is 7.15. The molecule has 5 nitrogen and oxygen atoms in total. The van der Waals surface area contributed by atoms with E-state index >= 15 is 0 Å². The van der Waals surface area contributed by atoms with Crippen molar-refractivity contribution in [2.45, 2.75) is 44.7 Å². The molecule has 2 fully saturated rings. The van der Waals surface area contributed by atoms with E-state index in [2.05, 4.69) is 10.6 Å². The van der Waals surface area contributed by atoms with Gasteiger partial charge in [-0.15, -0.1) is 0 Å². The number of hydrogen-bond acceptors (Lipinski definition) is 2. The van der Waals surface area contributed by atoms with Crippen LogP contribution in [0.25, 0.3) is 0 Å². The predicted molar refractivity (Wildman–Crippen MR) is 93.9 cm³/mol. The third kappa shape index (κ3) is 4.20. The number of amides is 3. The highest BCUT2D eigenvalue weighted by atomic mass is 35.5. The molecule has 2 atom stereocenters. The summed E-state index contributed by atoms with van der Waals surface area (Å²) >= 11 is 6.02. The molecule has 0 unspecified atom stereocenters. The molecule has 1 heterocycles. The van der Waals surface area contributed by atoms with Gasteiger partial charge in [0.2, 0.25) is 5.91 Å². The van der Waals surface area contributed by atoms with Gasteiger partial charge in [-0.3, -0.25) is 4.79 Å². The lowest BCUT2D eigenvalue weighted by Crippen LogP contribution is -2.40. The summed E-state index contributed by atoms with van der Waals surface area (Å²) in [5.41, 5.74) is 0.996. The van der Waals surface area contributed by atoms with E-state index in [1.807, 2.05) is 36.1 Å². The van der Waals surface area contributed by atoms with Crippen molar-refractivity contribution < 1.29 is 9.59 Å². The minimum Gasteiger partial charge on any atom is -0.339 e. The number of nitrogens with one attached hydrogen (secondary N) is 2. The highest BCUT2D eigenvalue weighted by Crippen LogP contribution is 2.32. The summed E-state index contributed by atoms with van der Waals surface area (Å²) in [5.74, 6) is 0.449. The van der Waals surface area contributed by atoms with Crippen molar-refractivity contribution in [3.05, 3.63) is 34.9 Å². The smallest absolute Gasteiger partial charge is 0.315 e. The highest BCUT2D eigenvalue weighted by Gasteiger charge is 2.39. The van der Waals surface area contributed by atoms with E-state index in [1.165, 1.54) is 0 Å². The normalized spacial score (nSPS) is 21.7. The van der Waals surface area contributed by atoms with Crippen LogP contribution in [0.1, 0.15) is 44.2 Å². The van der Waals surface area contributed by atoms with Crippen molar-refractivity contribution >= 4 is 23.5 Å². The van der Waals surface area contributed by atoms with Gasteiger partial charge in [0.1, 0.15) is 0 Å². The molecule has 0 spiro atoms. The van der Waals surface area contributed by atoms with Gasteiger partial charge >= 0.3 is 6.03 Å². The van der Waals surface area contributed by atoms with E-state index < -0.39 is 0 Å². The Morgan fingerprint density at radius 1 is 1.42 bits per heavy atom. The van der Waals surface area contributed by atoms with Gasteiger partial charge in [-0.25, -0.2) is 4.79 Å². The average molecular weight is 350 g/mol. The zero-order valence-corrected chi connectivity index (χ0v) is 14.7. The average Bonchev–Trinajstić information content (AvgIpc) is 3.33. The molecule has 24 heavy (non-hydrogen) atoms. The first-order valence-electron chi connectivity index (χ1n) is 8.66. The Hall–Kier alpha value is -1.75. The number of urea groups is 1. The fourth-order valence-electron chi connectivity index (χ4n) is 3.28. The van der Waals surface area contributed by atoms with E-state index in [9.17, 15) is 9.59 Å². The van der Waals surface area contributed by atoms with Crippen LogP contribution < -0.4 is 10.6 Å². The second-order valence-electron chi connectivity index (χ2n) is 6.72. The molecule has 2 aliphatic rings. The number of carbonyl (C=O) groups excluding carboxylic acids is 2. The number of halogens is 1. The Labute approximate surface area is 147 Å². The standard InChI is InChI=1S/C18H24ClN3O2/c1-2-16(13-4-3-5-14(19)9-13)21-18(24)20-10-12-8-17(23)22(11-12)15-6-7-15/h3-5,9,12,15-16H,2,6-8,10-11H2,1H3,(H2,20,21,24)/t12-,16+/m1/s1. The largest absolute Gasteiger partial charge is 0.339 e. The van der Waals surface area contributed by atoms with Crippen molar-refractivity contribution in [1.82, 2.24) is 15.5 Å². The molecule has 3 rings (SSSR count). The first kappa shape index (κ1) is 17.1. The third-order valence-corrected chi connectivity index (χ3v) is 4.98. The van der Waals surface area contributed by atoms with E-state index in [0.29, 0.717) is 24.0 Å². The van der Waals surface area contributed by atoms with Crippen LogP contribution in [0.5, 0.6) is 0 Å². The second kappa shape index (κ2) is 7.43. The highest BCUT2D eigenvalue weighted by molar-refractivity contribution is 6.30. The van der Waals surface area contributed by atoms with Crippen LogP contribution in [0.4, 0.5) is 4.79 Å². The maximum Gasteiger partial charge on any atom is 0.315 e. The molecule has 6 heteroatoms. The lowest BCUT2D eigenvalue weighted by Gasteiger charge is -2.19. The summed E-state index contributed by atoms with van der Waals surface area (Å²) in [6, 6.07) is 7.74. The zero-order chi connectivity index (χ0) is 17.1. The van der Waals surface area contributed by atoms with Crippen molar-refractivity contribution in [2.75, 3.05) is 13.1 Å². The first-order chi connectivity index (χ1) is 11.6. The SMILES string of the molecule is CC[C@H](NC(=O)NC[C@H]1CC(=O)N(C2CC2)C1)c1cccc(Cl)c1. The van der Waals surface area contributed by atoms with Crippen molar-refractivity contribution in [3.63, 3.8) is 0 Å². The first-order valence-corrected chi connectivity index (χ1v) is 9.04. The fourth-order valence-corrected chi connectivity index (χ4v) is 3.47. The van der Waals surface area contributed by atoms with Crippen LogP contribution in [-0.2, 0) is 4.79 Å². The monoisotopic (exact) mass is 349 g/mol. The van der Waals surface area contributed by atoms with Gasteiger partial charge in [0, 0.05) is 36.5 Å². The van der Waals surface area contributed by atoms with Crippen LogP contribution >= 0.6 is 11.6 Å². The van der Waals surface area contributed by atoms with E-state index in [1.54, 1.807) is 0 Å². The summed E-state index contributed by atoms with van der Waals surface area (Å²) in [6.45, 7) is 3.33. The molecule has 1 aromatic carbocycles. The Kier molecular flexibility index (Phi) is 5.29. The van der Waals surface area contributed by atoms with Gasteiger partial charge < -0.3 is 15.5 Å². The van der Waals surface area contributed by atoms with Gasteiger partial charge in [0.05, 0.1) is 6.04 Å². The Morgan fingerprint density at radius 3 is 2.88 bits per heavy atom. The molecular weight excluding hydrogens is 326 g/mol. The molecule has 3 amide bonds. The van der Waals surface area contributed by atoms with E-state index in [4.69, 9.17) is 11.6 Å². The summed E-state index contributed by atoms with van der Waals surface area (Å²) in [6.07, 6.45) is 3.59. The molecular formula is C18H24ClN3O2. The van der Waals surface area contributed by atoms with Gasteiger partial charge in [-0.05, 0) is 37.0 Å². The summed E-state index contributed by atoms with van der Waals surface area (Å²) in [4.78, 5) is 26.1. The molecule has 0 aromatic heterocycles. The molecule has 1 aliphatic carbocycles. The number of nitrogens with zero attached hydrogens (tertiary/aromatic N) is 1. The predicted octanol–water partition coefficient (Wildman–Crippen LogP) is 3.10. The van der Waals surface area contributed by atoms with Crippen molar-refractivity contribution in [2.24, 2.45) is 5.92 Å². The minimum atomic E-state index is -0.195. The molecule has 0 bridgehead atoms. The number of carbonyl (C=O) groups is 2. The van der Waals surface area contributed by atoms with Gasteiger partial charge in [-0.1, -0.05) is 30.7 Å². The topological polar surface area (TPSA) is 61.4 Å². The van der Waals surface area contributed by atoms with Crippen LogP contribution in [-0.4, -0.2) is 36.0 Å². The van der Waals surface area contributed by atoms with Crippen LogP contribution in [0.15, 0.2) is 24.3 Å². The molecule has 1 aliphatic heterocycles. The number of hydrogen-bond donors (Lipinski definition) is 2. The molecule has 130 valence electrons. The summed E-state index contributed by atoms with van der Waals surface area (Å²) in [5, 5.41) is 6.56. The summed E-state index contributed by atoms with van der Waals surface area (Å²) < 4.78 is 0.